The monoisotopic (exact) mass is 315 g/mol. The minimum atomic E-state index is -0.0554. The molecule has 2 aliphatic rings. The maximum atomic E-state index is 11.8. The van der Waals surface area contributed by atoms with E-state index in [1.54, 1.807) is 4.90 Å². The van der Waals surface area contributed by atoms with Gasteiger partial charge >= 0.3 is 6.03 Å². The molecule has 0 radical (unpaired) electrons. The third-order valence-corrected chi connectivity index (χ3v) is 4.88. The molecule has 23 heavy (non-hydrogen) atoms. The van der Waals surface area contributed by atoms with Gasteiger partial charge in [0, 0.05) is 31.7 Å². The van der Waals surface area contributed by atoms with Crippen LogP contribution in [-0.2, 0) is 17.6 Å². The lowest BCUT2D eigenvalue weighted by Crippen LogP contribution is -2.41. The predicted octanol–water partition coefficient (Wildman–Crippen LogP) is 2.38. The highest BCUT2D eigenvalue weighted by Crippen LogP contribution is 2.27. The summed E-state index contributed by atoms with van der Waals surface area (Å²) < 4.78 is 0. The first-order valence-electron chi connectivity index (χ1n) is 8.56. The van der Waals surface area contributed by atoms with E-state index >= 15 is 0 Å². The van der Waals surface area contributed by atoms with Gasteiger partial charge in [-0.2, -0.15) is 0 Å². The molecule has 1 aliphatic heterocycles. The molecule has 1 fully saturated rings. The highest BCUT2D eigenvalue weighted by atomic mass is 16.2. The number of hydrogen-bond acceptors (Lipinski definition) is 2. The van der Waals surface area contributed by atoms with E-state index in [1.165, 1.54) is 24.0 Å². The van der Waals surface area contributed by atoms with Crippen molar-refractivity contribution in [1.29, 1.82) is 0 Å². The van der Waals surface area contributed by atoms with E-state index in [0.29, 0.717) is 19.0 Å². The fourth-order valence-corrected chi connectivity index (χ4v) is 3.49. The molecule has 5 heteroatoms. The van der Waals surface area contributed by atoms with Crippen LogP contribution < -0.4 is 15.5 Å². The van der Waals surface area contributed by atoms with Crippen LogP contribution in [0.25, 0.3) is 0 Å². The van der Waals surface area contributed by atoms with E-state index in [-0.39, 0.29) is 11.9 Å². The molecule has 1 saturated carbocycles. The van der Waals surface area contributed by atoms with Crippen molar-refractivity contribution in [1.82, 2.24) is 10.6 Å². The number of hydrogen-bond donors (Lipinski definition) is 2. The molecule has 0 atom stereocenters. The number of benzene rings is 1. The molecule has 1 heterocycles. The first kappa shape index (κ1) is 15.8. The molecule has 3 amide bonds. The van der Waals surface area contributed by atoms with Crippen LogP contribution in [0.15, 0.2) is 18.2 Å². The largest absolute Gasteiger partial charge is 0.338 e. The lowest BCUT2D eigenvalue weighted by molar-refractivity contribution is -0.118. The van der Waals surface area contributed by atoms with Crippen LogP contribution in [-0.4, -0.2) is 31.6 Å². The quantitative estimate of drug-likeness (QED) is 0.896. The highest BCUT2D eigenvalue weighted by Gasteiger charge is 2.20. The third kappa shape index (κ3) is 3.84. The molecule has 1 aromatic rings. The summed E-state index contributed by atoms with van der Waals surface area (Å²) in [5, 5.41) is 5.97. The fourth-order valence-electron chi connectivity index (χ4n) is 3.49. The van der Waals surface area contributed by atoms with Crippen LogP contribution in [0, 0.1) is 0 Å². The van der Waals surface area contributed by atoms with Gasteiger partial charge in [-0.25, -0.2) is 4.79 Å². The average molecular weight is 315 g/mol. The number of carbonyl (C=O) groups excluding carboxylic acids is 2. The lowest BCUT2D eigenvalue weighted by Gasteiger charge is -2.26. The Morgan fingerprint density at radius 1 is 1.26 bits per heavy atom. The Hall–Kier alpha value is -2.04. The van der Waals surface area contributed by atoms with E-state index in [9.17, 15) is 9.59 Å². The Balaban J connectivity index is 1.49. The zero-order valence-corrected chi connectivity index (χ0v) is 13.7. The van der Waals surface area contributed by atoms with Crippen LogP contribution in [0.4, 0.5) is 10.5 Å². The van der Waals surface area contributed by atoms with Gasteiger partial charge < -0.3 is 15.5 Å². The number of nitrogens with one attached hydrogen (secondary N) is 2. The topological polar surface area (TPSA) is 61.4 Å². The van der Waals surface area contributed by atoms with Gasteiger partial charge in [0.1, 0.15) is 0 Å². The second kappa shape index (κ2) is 7.02. The first-order chi connectivity index (χ1) is 11.1. The molecule has 0 aromatic heterocycles. The summed E-state index contributed by atoms with van der Waals surface area (Å²) >= 11 is 0. The first-order valence-corrected chi connectivity index (χ1v) is 8.56. The van der Waals surface area contributed by atoms with E-state index in [0.717, 1.165) is 31.4 Å². The highest BCUT2D eigenvalue weighted by molar-refractivity contribution is 5.95. The minimum Gasteiger partial charge on any atom is -0.338 e. The van der Waals surface area contributed by atoms with Gasteiger partial charge in [0.05, 0.1) is 0 Å². The van der Waals surface area contributed by atoms with Crippen LogP contribution >= 0.6 is 0 Å². The molecule has 0 spiro atoms. The number of amides is 3. The van der Waals surface area contributed by atoms with Crippen LogP contribution in [0.2, 0.25) is 0 Å². The van der Waals surface area contributed by atoms with Gasteiger partial charge in [0.2, 0.25) is 5.91 Å². The number of anilines is 1. The van der Waals surface area contributed by atoms with E-state index < -0.39 is 0 Å². The molecule has 0 saturated heterocycles. The lowest BCUT2D eigenvalue weighted by atomic mass is 9.98. The zero-order chi connectivity index (χ0) is 16.2. The Labute approximate surface area is 137 Å². The molecule has 1 aromatic carbocycles. The van der Waals surface area contributed by atoms with Crippen LogP contribution in [0.3, 0.4) is 0 Å². The second-order valence-electron chi connectivity index (χ2n) is 6.55. The summed E-state index contributed by atoms with van der Waals surface area (Å²) in [6.45, 7) is 0.631. The number of urea groups is 1. The van der Waals surface area contributed by atoms with Crippen molar-refractivity contribution in [2.24, 2.45) is 0 Å². The maximum Gasteiger partial charge on any atom is 0.315 e. The third-order valence-electron chi connectivity index (χ3n) is 4.88. The van der Waals surface area contributed by atoms with Gasteiger partial charge in [-0.3, -0.25) is 4.79 Å². The van der Waals surface area contributed by atoms with Crippen molar-refractivity contribution in [2.45, 2.75) is 51.0 Å². The average Bonchev–Trinajstić information content (AvgIpc) is 3.04. The van der Waals surface area contributed by atoms with Crippen LogP contribution in [0.5, 0.6) is 0 Å². The summed E-state index contributed by atoms with van der Waals surface area (Å²) in [6, 6.07) is 6.52. The molecule has 0 bridgehead atoms. The molecule has 2 N–H and O–H groups in total. The van der Waals surface area contributed by atoms with Gasteiger partial charge in [-0.1, -0.05) is 25.0 Å². The van der Waals surface area contributed by atoms with Crippen molar-refractivity contribution in [2.75, 3.05) is 18.5 Å². The number of nitrogens with zero attached hydrogens (tertiary/aromatic N) is 1. The number of fused-ring (bicyclic) bond motifs is 1. The van der Waals surface area contributed by atoms with Crippen molar-refractivity contribution in [3.8, 4) is 0 Å². The Morgan fingerprint density at radius 3 is 2.83 bits per heavy atom. The minimum absolute atomic E-state index is 0.0554. The van der Waals surface area contributed by atoms with Crippen molar-refractivity contribution in [3.63, 3.8) is 0 Å². The van der Waals surface area contributed by atoms with Crippen molar-refractivity contribution in [3.05, 3.63) is 29.3 Å². The van der Waals surface area contributed by atoms with E-state index in [4.69, 9.17) is 0 Å². The van der Waals surface area contributed by atoms with Crippen molar-refractivity contribution < 1.29 is 9.59 Å². The van der Waals surface area contributed by atoms with Gasteiger partial charge in [-0.05, 0) is 42.9 Å². The molecular weight excluding hydrogens is 290 g/mol. The Morgan fingerprint density at radius 2 is 2.04 bits per heavy atom. The summed E-state index contributed by atoms with van der Waals surface area (Å²) in [4.78, 5) is 25.3. The summed E-state index contributed by atoms with van der Waals surface area (Å²) in [5.41, 5.74) is 3.43. The maximum absolute atomic E-state index is 11.8. The van der Waals surface area contributed by atoms with Gasteiger partial charge in [-0.15, -0.1) is 0 Å². The molecule has 5 nitrogen and oxygen atoms in total. The standard InChI is InChI=1S/C18H25N3O2/c1-21-16-8-6-13(12-14(16)7-9-17(21)22)10-11-19-18(23)20-15-4-2-3-5-15/h6,8,12,15H,2-5,7,9-11H2,1H3,(H2,19,20,23). The van der Waals surface area contributed by atoms with Gasteiger partial charge in [0.15, 0.2) is 0 Å². The Bertz CT molecular complexity index is 594. The van der Waals surface area contributed by atoms with E-state index in [1.807, 2.05) is 19.2 Å². The molecule has 3 rings (SSSR count). The molecule has 0 unspecified atom stereocenters. The summed E-state index contributed by atoms with van der Waals surface area (Å²) in [6.07, 6.45) is 6.84. The SMILES string of the molecule is CN1C(=O)CCc2cc(CCNC(=O)NC3CCCC3)ccc21. The smallest absolute Gasteiger partial charge is 0.315 e. The normalized spacial score (nSPS) is 18.0. The van der Waals surface area contributed by atoms with Gasteiger partial charge in [0.25, 0.3) is 0 Å². The predicted molar refractivity (Wildman–Crippen MR) is 90.7 cm³/mol. The summed E-state index contributed by atoms with van der Waals surface area (Å²) in [5.74, 6) is 0.176. The number of aryl methyl sites for hydroxylation is 1. The summed E-state index contributed by atoms with van der Waals surface area (Å²) in [7, 11) is 1.83. The van der Waals surface area contributed by atoms with Crippen LogP contribution in [0.1, 0.15) is 43.2 Å². The molecule has 1 aliphatic carbocycles. The number of carbonyl (C=O) groups is 2. The second-order valence-corrected chi connectivity index (χ2v) is 6.55. The molecule has 124 valence electrons. The zero-order valence-electron chi connectivity index (χ0n) is 13.7. The Kier molecular flexibility index (Phi) is 4.84. The number of rotatable bonds is 4. The fraction of sp³-hybridized carbons (Fsp3) is 0.556. The van der Waals surface area contributed by atoms with Crippen molar-refractivity contribution >= 4 is 17.6 Å². The van der Waals surface area contributed by atoms with E-state index in [2.05, 4.69) is 16.7 Å². The molecular formula is C18H25N3O2.